The summed E-state index contributed by atoms with van der Waals surface area (Å²) in [4.78, 5) is 25.8. The lowest BCUT2D eigenvalue weighted by molar-refractivity contribution is -0.112. The second-order valence-electron chi connectivity index (χ2n) is 6.03. The van der Waals surface area contributed by atoms with Gasteiger partial charge in [0.15, 0.2) is 5.78 Å². The molecule has 0 saturated carbocycles. The van der Waals surface area contributed by atoms with Gasteiger partial charge in [0.25, 0.3) is 5.91 Å². The van der Waals surface area contributed by atoms with Crippen molar-refractivity contribution >= 4 is 23.1 Å². The maximum Gasteiger partial charge on any atom is 0.261 e. The van der Waals surface area contributed by atoms with Gasteiger partial charge in [0.1, 0.15) is 5.57 Å². The third-order valence-electron chi connectivity index (χ3n) is 4.08. The molecular weight excluding hydrogens is 336 g/mol. The van der Waals surface area contributed by atoms with E-state index in [1.54, 1.807) is 24.3 Å². The summed E-state index contributed by atoms with van der Waals surface area (Å²) in [6.07, 6.45) is 1.46. The molecule has 4 heteroatoms. The van der Waals surface area contributed by atoms with Gasteiger partial charge in [-0.3, -0.25) is 9.59 Å². The molecule has 0 aliphatic rings. The highest BCUT2D eigenvalue weighted by Gasteiger charge is 2.20. The number of Topliss-reactive ketones (excluding diaryl/α,β-unsaturated/α-hetero) is 1. The Bertz CT molecular complexity index is 964. The summed E-state index contributed by atoms with van der Waals surface area (Å²) in [7, 11) is 0. The molecule has 27 heavy (non-hydrogen) atoms. The fraction of sp³-hybridized carbons (Fsp3) is 0.0435. The minimum Gasteiger partial charge on any atom is -0.361 e. The minimum absolute atomic E-state index is 0.0355. The van der Waals surface area contributed by atoms with Gasteiger partial charge >= 0.3 is 0 Å². The van der Waals surface area contributed by atoms with Gasteiger partial charge in [-0.1, -0.05) is 66.7 Å². The molecule has 0 aromatic heterocycles. The third kappa shape index (κ3) is 4.70. The number of hydrogen-bond donors (Lipinski definition) is 2. The molecule has 0 heterocycles. The van der Waals surface area contributed by atoms with Crippen molar-refractivity contribution in [2.45, 2.75) is 6.92 Å². The molecule has 3 rings (SSSR count). The lowest BCUT2D eigenvalue weighted by atomic mass is 10.0. The first kappa shape index (κ1) is 18.1. The van der Waals surface area contributed by atoms with E-state index in [0.29, 0.717) is 11.3 Å². The Hall–Kier alpha value is -3.66. The zero-order valence-electron chi connectivity index (χ0n) is 15.0. The predicted molar refractivity (Wildman–Crippen MR) is 109 cm³/mol. The van der Waals surface area contributed by atoms with Crippen LogP contribution in [0.25, 0.3) is 0 Å². The van der Waals surface area contributed by atoms with Crippen LogP contribution in [0.5, 0.6) is 0 Å². The van der Waals surface area contributed by atoms with Crippen LogP contribution in [0.4, 0.5) is 11.4 Å². The summed E-state index contributed by atoms with van der Waals surface area (Å²) in [6.45, 7) is 1.90. The van der Waals surface area contributed by atoms with Crippen LogP contribution in [0.3, 0.4) is 0 Å². The van der Waals surface area contributed by atoms with E-state index in [-0.39, 0.29) is 11.4 Å². The first-order valence-corrected chi connectivity index (χ1v) is 8.63. The Morgan fingerprint density at radius 2 is 1.37 bits per heavy atom. The highest BCUT2D eigenvalue weighted by molar-refractivity contribution is 6.28. The number of rotatable bonds is 6. The number of amides is 1. The number of carbonyl (C=O) groups excluding carboxylic acids is 2. The van der Waals surface area contributed by atoms with E-state index in [4.69, 9.17) is 0 Å². The summed E-state index contributed by atoms with van der Waals surface area (Å²) in [5, 5.41) is 5.86. The normalized spacial score (nSPS) is 10.9. The molecule has 3 aromatic rings. The van der Waals surface area contributed by atoms with Gasteiger partial charge < -0.3 is 10.6 Å². The molecule has 1 amide bonds. The van der Waals surface area contributed by atoms with E-state index < -0.39 is 5.91 Å². The van der Waals surface area contributed by atoms with E-state index in [9.17, 15) is 9.59 Å². The number of benzene rings is 3. The molecule has 0 bridgehead atoms. The highest BCUT2D eigenvalue weighted by atomic mass is 16.2. The summed E-state index contributed by atoms with van der Waals surface area (Å²) >= 11 is 0. The minimum atomic E-state index is -0.457. The van der Waals surface area contributed by atoms with Crippen molar-refractivity contribution < 1.29 is 9.59 Å². The van der Waals surface area contributed by atoms with Gasteiger partial charge in [-0.15, -0.1) is 0 Å². The quantitative estimate of drug-likeness (QED) is 0.288. The molecular formula is C23H20N2O2. The van der Waals surface area contributed by atoms with Gasteiger partial charge in [0.2, 0.25) is 0 Å². The van der Waals surface area contributed by atoms with Crippen molar-refractivity contribution in [1.82, 2.24) is 0 Å². The van der Waals surface area contributed by atoms with Crippen LogP contribution in [-0.2, 0) is 4.79 Å². The van der Waals surface area contributed by atoms with Crippen molar-refractivity contribution in [3.63, 3.8) is 0 Å². The Balaban J connectivity index is 1.90. The molecule has 2 N–H and O–H groups in total. The molecule has 0 aliphatic carbocycles. The molecule has 0 spiro atoms. The summed E-state index contributed by atoms with van der Waals surface area (Å²) in [5.41, 5.74) is 2.88. The number of ketones is 1. The Kier molecular flexibility index (Phi) is 5.80. The van der Waals surface area contributed by atoms with Crippen molar-refractivity contribution in [2.24, 2.45) is 0 Å². The Morgan fingerprint density at radius 3 is 2.04 bits per heavy atom. The summed E-state index contributed by atoms with van der Waals surface area (Å²) < 4.78 is 0. The zero-order chi connectivity index (χ0) is 19.1. The topological polar surface area (TPSA) is 58.2 Å². The predicted octanol–water partition coefficient (Wildman–Crippen LogP) is 4.81. The number of carbonyl (C=O) groups is 2. The molecule has 0 aliphatic heterocycles. The fourth-order valence-corrected chi connectivity index (χ4v) is 2.57. The van der Waals surface area contributed by atoms with Gasteiger partial charge in [-0.2, -0.15) is 0 Å². The Morgan fingerprint density at radius 1 is 0.778 bits per heavy atom. The summed E-state index contributed by atoms with van der Waals surface area (Å²) in [6, 6.07) is 25.6. The van der Waals surface area contributed by atoms with Gasteiger partial charge in [0, 0.05) is 23.1 Å². The molecule has 4 nitrogen and oxygen atoms in total. The molecule has 0 radical (unpaired) electrons. The highest BCUT2D eigenvalue weighted by Crippen LogP contribution is 2.17. The Labute approximate surface area is 158 Å². The van der Waals surface area contributed by atoms with Crippen LogP contribution in [0, 0.1) is 6.92 Å². The van der Waals surface area contributed by atoms with Crippen molar-refractivity contribution in [2.75, 3.05) is 10.6 Å². The van der Waals surface area contributed by atoms with Crippen LogP contribution in [-0.4, -0.2) is 11.7 Å². The number of nitrogens with one attached hydrogen (secondary N) is 2. The van der Waals surface area contributed by atoms with E-state index in [1.165, 1.54) is 6.20 Å². The lowest BCUT2D eigenvalue weighted by Crippen LogP contribution is -2.22. The summed E-state index contributed by atoms with van der Waals surface area (Å²) in [5.74, 6) is -0.799. The van der Waals surface area contributed by atoms with Crippen molar-refractivity contribution in [3.05, 3.63) is 108 Å². The van der Waals surface area contributed by atoms with Crippen LogP contribution in [0.2, 0.25) is 0 Å². The van der Waals surface area contributed by atoms with Crippen molar-refractivity contribution in [3.8, 4) is 0 Å². The average molecular weight is 356 g/mol. The average Bonchev–Trinajstić information content (AvgIpc) is 2.71. The number of hydrogen-bond acceptors (Lipinski definition) is 3. The number of aryl methyl sites for hydroxylation is 1. The second-order valence-corrected chi connectivity index (χ2v) is 6.03. The van der Waals surface area contributed by atoms with Crippen LogP contribution < -0.4 is 10.6 Å². The van der Waals surface area contributed by atoms with Gasteiger partial charge in [-0.25, -0.2) is 0 Å². The molecule has 3 aromatic carbocycles. The first-order valence-electron chi connectivity index (χ1n) is 8.63. The smallest absolute Gasteiger partial charge is 0.261 e. The van der Waals surface area contributed by atoms with E-state index in [0.717, 1.165) is 11.3 Å². The van der Waals surface area contributed by atoms with Gasteiger partial charge in [0.05, 0.1) is 0 Å². The molecule has 0 atom stereocenters. The lowest BCUT2D eigenvalue weighted by Gasteiger charge is -2.11. The van der Waals surface area contributed by atoms with Crippen LogP contribution in [0.1, 0.15) is 15.9 Å². The first-order chi connectivity index (χ1) is 13.1. The van der Waals surface area contributed by atoms with Gasteiger partial charge in [-0.05, 0) is 30.7 Å². The zero-order valence-corrected chi connectivity index (χ0v) is 15.0. The second kappa shape index (κ2) is 8.63. The number of para-hydroxylation sites is 2. The largest absolute Gasteiger partial charge is 0.361 e. The van der Waals surface area contributed by atoms with Crippen LogP contribution in [0.15, 0.2) is 96.7 Å². The molecule has 0 unspecified atom stereocenters. The van der Waals surface area contributed by atoms with E-state index >= 15 is 0 Å². The fourth-order valence-electron chi connectivity index (χ4n) is 2.57. The maximum atomic E-state index is 12.9. The standard InChI is InChI=1S/C23H20N2O2/c1-17-10-8-9-15-21(17)25-23(27)20(16-24-19-13-6-3-7-14-19)22(26)18-11-4-2-5-12-18/h2-16,24H,1H3,(H,25,27)/b20-16-. The molecule has 134 valence electrons. The van der Waals surface area contributed by atoms with Crippen LogP contribution >= 0.6 is 0 Å². The molecule has 0 fully saturated rings. The third-order valence-corrected chi connectivity index (χ3v) is 4.08. The van der Waals surface area contributed by atoms with Crippen molar-refractivity contribution in [1.29, 1.82) is 0 Å². The number of anilines is 2. The van der Waals surface area contributed by atoms with E-state index in [2.05, 4.69) is 10.6 Å². The SMILES string of the molecule is Cc1ccccc1NC(=O)/C(=C\Nc1ccccc1)C(=O)c1ccccc1. The molecule has 0 saturated heterocycles. The van der Waals surface area contributed by atoms with E-state index in [1.807, 2.05) is 67.6 Å². The monoisotopic (exact) mass is 356 g/mol. The maximum absolute atomic E-state index is 12.9.